The van der Waals surface area contributed by atoms with E-state index in [4.69, 9.17) is 5.73 Å². The van der Waals surface area contributed by atoms with Crippen LogP contribution in [-0.2, 0) is 0 Å². The molecule has 0 saturated carbocycles. The molecule has 0 amide bonds. The first-order chi connectivity index (χ1) is 10.2. The second-order valence-corrected chi connectivity index (χ2v) is 5.44. The number of benzene rings is 1. The molecular weight excluding hydrogens is 328 g/mol. The van der Waals surface area contributed by atoms with Crippen LogP contribution in [0.3, 0.4) is 0 Å². The van der Waals surface area contributed by atoms with Crippen molar-refractivity contribution in [1.29, 1.82) is 0 Å². The Bertz CT molecular complexity index is 788. The molecule has 0 aliphatic rings. The summed E-state index contributed by atoms with van der Waals surface area (Å²) in [7, 11) is 0. The van der Waals surface area contributed by atoms with Crippen LogP contribution < -0.4 is 5.73 Å². The van der Waals surface area contributed by atoms with Gasteiger partial charge in [-0.05, 0) is 34.5 Å². The summed E-state index contributed by atoms with van der Waals surface area (Å²) in [5, 5.41) is 0. The van der Waals surface area contributed by atoms with Gasteiger partial charge in [-0.15, -0.1) is 0 Å². The Morgan fingerprint density at radius 3 is 2.52 bits per heavy atom. The highest BCUT2D eigenvalue weighted by Crippen LogP contribution is 2.32. The normalized spacial score (nSPS) is 10.6. The van der Waals surface area contributed by atoms with Gasteiger partial charge in [0.2, 0.25) is 0 Å². The lowest BCUT2D eigenvalue weighted by molar-refractivity contribution is 1.15. The summed E-state index contributed by atoms with van der Waals surface area (Å²) in [6, 6.07) is 11.8. The standard InChI is InChI=1S/C16H13BrN4/c1-10-9-19-8-7-12(10)16-20-14(13(17)15(18)21-16)11-5-3-2-4-6-11/h2-9H,1H3,(H2,18,20,21). The summed E-state index contributed by atoms with van der Waals surface area (Å²) in [5.74, 6) is 1.03. The Morgan fingerprint density at radius 2 is 1.81 bits per heavy atom. The fraction of sp³-hybridized carbons (Fsp3) is 0.0625. The van der Waals surface area contributed by atoms with Crippen LogP contribution in [0.15, 0.2) is 53.3 Å². The molecule has 21 heavy (non-hydrogen) atoms. The van der Waals surface area contributed by atoms with Gasteiger partial charge in [0.25, 0.3) is 0 Å². The number of aryl methyl sites for hydroxylation is 1. The minimum absolute atomic E-state index is 0.426. The number of halogens is 1. The van der Waals surface area contributed by atoms with Gasteiger partial charge in [0.05, 0.1) is 10.2 Å². The summed E-state index contributed by atoms with van der Waals surface area (Å²) in [4.78, 5) is 13.1. The molecule has 5 heteroatoms. The summed E-state index contributed by atoms with van der Waals surface area (Å²) >= 11 is 3.48. The molecule has 2 aromatic heterocycles. The number of anilines is 1. The van der Waals surface area contributed by atoms with Crippen molar-refractivity contribution in [2.75, 3.05) is 5.73 Å². The van der Waals surface area contributed by atoms with Gasteiger partial charge in [0, 0.05) is 23.5 Å². The quantitative estimate of drug-likeness (QED) is 0.769. The maximum absolute atomic E-state index is 6.03. The van der Waals surface area contributed by atoms with Gasteiger partial charge in [-0.3, -0.25) is 4.98 Å². The summed E-state index contributed by atoms with van der Waals surface area (Å²) in [6.45, 7) is 1.98. The third kappa shape index (κ3) is 2.64. The highest BCUT2D eigenvalue weighted by atomic mass is 79.9. The highest BCUT2D eigenvalue weighted by Gasteiger charge is 2.14. The monoisotopic (exact) mass is 340 g/mol. The number of hydrogen-bond acceptors (Lipinski definition) is 4. The molecule has 0 aliphatic carbocycles. The Balaban J connectivity index is 2.22. The van der Waals surface area contributed by atoms with E-state index in [1.165, 1.54) is 0 Å². The molecule has 0 unspecified atom stereocenters. The molecule has 0 atom stereocenters. The minimum Gasteiger partial charge on any atom is -0.383 e. The second-order valence-electron chi connectivity index (χ2n) is 4.65. The molecule has 0 aliphatic heterocycles. The van der Waals surface area contributed by atoms with E-state index in [-0.39, 0.29) is 0 Å². The zero-order valence-electron chi connectivity index (χ0n) is 11.4. The fourth-order valence-electron chi connectivity index (χ4n) is 2.10. The molecule has 0 bridgehead atoms. The van der Waals surface area contributed by atoms with Crippen LogP contribution in [0.2, 0.25) is 0 Å². The Labute approximate surface area is 131 Å². The van der Waals surface area contributed by atoms with E-state index in [2.05, 4.69) is 30.9 Å². The van der Waals surface area contributed by atoms with Crippen molar-refractivity contribution in [1.82, 2.24) is 15.0 Å². The van der Waals surface area contributed by atoms with Crippen LogP contribution in [0, 0.1) is 6.92 Å². The molecule has 3 aromatic rings. The first kappa shape index (κ1) is 13.7. The van der Waals surface area contributed by atoms with E-state index in [0.717, 1.165) is 22.4 Å². The van der Waals surface area contributed by atoms with Gasteiger partial charge in [0.15, 0.2) is 5.82 Å². The third-order valence-electron chi connectivity index (χ3n) is 3.19. The molecule has 104 valence electrons. The van der Waals surface area contributed by atoms with Crippen LogP contribution in [-0.4, -0.2) is 15.0 Å². The number of aromatic nitrogens is 3. The minimum atomic E-state index is 0.426. The summed E-state index contributed by atoms with van der Waals surface area (Å²) < 4.78 is 0.712. The van der Waals surface area contributed by atoms with E-state index in [0.29, 0.717) is 16.1 Å². The van der Waals surface area contributed by atoms with Gasteiger partial charge in [-0.25, -0.2) is 9.97 Å². The predicted molar refractivity (Wildman–Crippen MR) is 87.5 cm³/mol. The Hall–Kier alpha value is -2.27. The maximum atomic E-state index is 6.03. The van der Waals surface area contributed by atoms with E-state index < -0.39 is 0 Å². The summed E-state index contributed by atoms with van der Waals surface area (Å²) in [6.07, 6.45) is 3.52. The number of hydrogen-bond donors (Lipinski definition) is 1. The topological polar surface area (TPSA) is 64.7 Å². The lowest BCUT2D eigenvalue weighted by atomic mass is 10.1. The third-order valence-corrected chi connectivity index (χ3v) is 3.97. The lowest BCUT2D eigenvalue weighted by Gasteiger charge is -2.10. The molecule has 0 saturated heterocycles. The number of rotatable bonds is 2. The van der Waals surface area contributed by atoms with Gasteiger partial charge in [-0.1, -0.05) is 30.3 Å². The molecule has 2 heterocycles. The number of nitrogen functional groups attached to an aromatic ring is 1. The molecule has 0 spiro atoms. The van der Waals surface area contributed by atoms with Gasteiger partial charge in [0.1, 0.15) is 5.82 Å². The second kappa shape index (κ2) is 5.61. The van der Waals surface area contributed by atoms with Crippen molar-refractivity contribution in [3.05, 3.63) is 58.8 Å². The first-order valence-electron chi connectivity index (χ1n) is 6.46. The van der Waals surface area contributed by atoms with Crippen molar-refractivity contribution in [3.63, 3.8) is 0 Å². The molecular formula is C16H13BrN4. The largest absolute Gasteiger partial charge is 0.383 e. The van der Waals surface area contributed by atoms with Crippen molar-refractivity contribution in [2.45, 2.75) is 6.92 Å². The van der Waals surface area contributed by atoms with Crippen LogP contribution in [0.25, 0.3) is 22.6 Å². The first-order valence-corrected chi connectivity index (χ1v) is 7.25. The molecule has 0 radical (unpaired) electrons. The zero-order chi connectivity index (χ0) is 14.8. The van der Waals surface area contributed by atoms with E-state index in [9.17, 15) is 0 Å². The van der Waals surface area contributed by atoms with E-state index >= 15 is 0 Å². The van der Waals surface area contributed by atoms with Gasteiger partial charge >= 0.3 is 0 Å². The number of nitrogens with two attached hydrogens (primary N) is 1. The summed E-state index contributed by atoms with van der Waals surface area (Å²) in [5.41, 5.74) is 9.76. The number of pyridine rings is 1. The SMILES string of the molecule is Cc1cnccc1-c1nc(N)c(Br)c(-c2ccccc2)n1. The van der Waals surface area contributed by atoms with Crippen molar-refractivity contribution < 1.29 is 0 Å². The van der Waals surface area contributed by atoms with Gasteiger partial charge in [-0.2, -0.15) is 0 Å². The molecule has 0 fully saturated rings. The fourth-order valence-corrected chi connectivity index (χ4v) is 2.50. The average Bonchev–Trinajstić information content (AvgIpc) is 2.51. The van der Waals surface area contributed by atoms with Crippen LogP contribution in [0.1, 0.15) is 5.56 Å². The lowest BCUT2D eigenvalue weighted by Crippen LogP contribution is -2.01. The highest BCUT2D eigenvalue weighted by molar-refractivity contribution is 9.10. The maximum Gasteiger partial charge on any atom is 0.162 e. The van der Waals surface area contributed by atoms with Crippen molar-refractivity contribution >= 4 is 21.7 Å². The smallest absolute Gasteiger partial charge is 0.162 e. The Kier molecular flexibility index (Phi) is 3.66. The zero-order valence-corrected chi connectivity index (χ0v) is 13.0. The van der Waals surface area contributed by atoms with E-state index in [1.54, 1.807) is 12.4 Å². The van der Waals surface area contributed by atoms with Crippen LogP contribution >= 0.6 is 15.9 Å². The molecule has 3 rings (SSSR count). The van der Waals surface area contributed by atoms with E-state index in [1.807, 2.05) is 43.3 Å². The van der Waals surface area contributed by atoms with Gasteiger partial charge < -0.3 is 5.73 Å². The van der Waals surface area contributed by atoms with Crippen LogP contribution in [0.4, 0.5) is 5.82 Å². The molecule has 1 aromatic carbocycles. The average molecular weight is 341 g/mol. The van der Waals surface area contributed by atoms with Crippen LogP contribution in [0.5, 0.6) is 0 Å². The van der Waals surface area contributed by atoms with Crippen molar-refractivity contribution in [2.24, 2.45) is 0 Å². The Morgan fingerprint density at radius 1 is 1.05 bits per heavy atom. The molecule has 2 N–H and O–H groups in total. The molecule has 4 nitrogen and oxygen atoms in total. The number of nitrogens with zero attached hydrogens (tertiary/aromatic N) is 3. The predicted octanol–water partition coefficient (Wildman–Crippen LogP) is 3.86. The van der Waals surface area contributed by atoms with Crippen molar-refractivity contribution in [3.8, 4) is 22.6 Å².